The average Bonchev–Trinajstić information content (AvgIpc) is 2.84. The number of rotatable bonds is 6. The van der Waals surface area contributed by atoms with E-state index >= 15 is 0 Å². The van der Waals surface area contributed by atoms with E-state index < -0.39 is 0 Å². The quantitative estimate of drug-likeness (QED) is 0.641. The zero-order chi connectivity index (χ0) is 17.3. The van der Waals surface area contributed by atoms with Crippen LogP contribution in [0.2, 0.25) is 0 Å². The van der Waals surface area contributed by atoms with Gasteiger partial charge in [-0.05, 0) is 46.1 Å². The van der Waals surface area contributed by atoms with Crippen LogP contribution in [0.15, 0.2) is 18.2 Å². The standard InChI is InChI=1S/C18H25N5O.2ClH/c1-12-15-17(19-10-7-11-22(2)3)16-13(8-6-9-14(16)24-5)20-18(15)23(4)21-12;;/h6,8-9H,7,10-11H2,1-5H3,(H,19,20);2*1H. The van der Waals surface area contributed by atoms with Crippen molar-refractivity contribution in [3.05, 3.63) is 23.9 Å². The summed E-state index contributed by atoms with van der Waals surface area (Å²) >= 11 is 0. The topological polar surface area (TPSA) is 55.2 Å². The van der Waals surface area contributed by atoms with Crippen LogP contribution in [-0.4, -0.2) is 54.0 Å². The van der Waals surface area contributed by atoms with E-state index in [9.17, 15) is 0 Å². The Bertz CT molecular complexity index is 879. The van der Waals surface area contributed by atoms with E-state index in [1.54, 1.807) is 7.11 Å². The van der Waals surface area contributed by atoms with Crippen molar-refractivity contribution in [2.45, 2.75) is 13.3 Å². The highest BCUT2D eigenvalue weighted by Crippen LogP contribution is 2.37. The third-order valence-electron chi connectivity index (χ3n) is 4.23. The van der Waals surface area contributed by atoms with Crippen molar-refractivity contribution in [1.29, 1.82) is 0 Å². The number of fused-ring (bicyclic) bond motifs is 2. The van der Waals surface area contributed by atoms with E-state index in [-0.39, 0.29) is 24.8 Å². The molecule has 8 heteroatoms. The van der Waals surface area contributed by atoms with Crippen molar-refractivity contribution in [1.82, 2.24) is 19.7 Å². The fourth-order valence-corrected chi connectivity index (χ4v) is 3.13. The number of hydrogen-bond acceptors (Lipinski definition) is 5. The fourth-order valence-electron chi connectivity index (χ4n) is 3.13. The molecule has 0 atom stereocenters. The van der Waals surface area contributed by atoms with Gasteiger partial charge in [0, 0.05) is 13.6 Å². The molecule has 1 N–H and O–H groups in total. The van der Waals surface area contributed by atoms with Gasteiger partial charge in [0.2, 0.25) is 0 Å². The number of pyridine rings is 1. The lowest BCUT2D eigenvalue weighted by Crippen LogP contribution is -2.16. The van der Waals surface area contributed by atoms with Gasteiger partial charge in [0.05, 0.1) is 34.8 Å². The Labute approximate surface area is 166 Å². The average molecular weight is 400 g/mol. The first-order chi connectivity index (χ1) is 11.5. The molecule has 2 aromatic heterocycles. The summed E-state index contributed by atoms with van der Waals surface area (Å²) in [6.07, 6.45) is 1.06. The fraction of sp³-hybridized carbons (Fsp3) is 0.444. The molecule has 0 fully saturated rings. The van der Waals surface area contributed by atoms with Crippen molar-refractivity contribution >= 4 is 52.4 Å². The maximum absolute atomic E-state index is 5.59. The summed E-state index contributed by atoms with van der Waals surface area (Å²) < 4.78 is 7.43. The SMILES string of the molecule is COc1cccc2nc3c(c(C)nn3C)c(NCCCN(C)C)c12.Cl.Cl. The monoisotopic (exact) mass is 399 g/mol. The molecule has 26 heavy (non-hydrogen) atoms. The number of methoxy groups -OCH3 is 1. The molecule has 0 saturated heterocycles. The number of aryl methyl sites for hydroxylation is 2. The third kappa shape index (κ3) is 4.14. The Hall–Kier alpha value is -1.76. The third-order valence-corrected chi connectivity index (χ3v) is 4.23. The predicted octanol–water partition coefficient (Wildman–Crippen LogP) is 3.65. The first-order valence-corrected chi connectivity index (χ1v) is 8.21. The Kier molecular flexibility index (Phi) is 7.93. The lowest BCUT2D eigenvalue weighted by atomic mass is 10.1. The number of benzene rings is 1. The largest absolute Gasteiger partial charge is 0.496 e. The molecule has 0 aliphatic heterocycles. The van der Waals surface area contributed by atoms with Gasteiger partial charge in [0.15, 0.2) is 5.65 Å². The second kappa shape index (κ2) is 9.26. The highest BCUT2D eigenvalue weighted by molar-refractivity contribution is 6.10. The molecule has 144 valence electrons. The summed E-state index contributed by atoms with van der Waals surface area (Å²) in [4.78, 5) is 6.99. The number of hydrogen-bond donors (Lipinski definition) is 1. The minimum Gasteiger partial charge on any atom is -0.496 e. The highest BCUT2D eigenvalue weighted by Gasteiger charge is 2.18. The van der Waals surface area contributed by atoms with E-state index in [1.165, 1.54) is 0 Å². The zero-order valence-corrected chi connectivity index (χ0v) is 17.5. The van der Waals surface area contributed by atoms with Crippen LogP contribution < -0.4 is 10.1 Å². The van der Waals surface area contributed by atoms with Gasteiger partial charge in [0.1, 0.15) is 5.75 Å². The summed E-state index contributed by atoms with van der Waals surface area (Å²) in [6.45, 7) is 3.96. The van der Waals surface area contributed by atoms with Crippen LogP contribution in [-0.2, 0) is 7.05 Å². The molecule has 0 saturated carbocycles. The predicted molar refractivity (Wildman–Crippen MR) is 113 cm³/mol. The second-order valence-corrected chi connectivity index (χ2v) is 6.33. The number of nitrogens with zero attached hydrogens (tertiary/aromatic N) is 4. The smallest absolute Gasteiger partial charge is 0.160 e. The molecule has 0 spiro atoms. The number of nitrogens with one attached hydrogen (secondary N) is 1. The summed E-state index contributed by atoms with van der Waals surface area (Å²) in [5, 5.41) is 10.3. The minimum atomic E-state index is 0. The van der Waals surface area contributed by atoms with Crippen molar-refractivity contribution in [3.8, 4) is 5.75 Å². The van der Waals surface area contributed by atoms with Crippen LogP contribution in [0.3, 0.4) is 0 Å². The van der Waals surface area contributed by atoms with E-state index in [1.807, 2.05) is 36.9 Å². The van der Waals surface area contributed by atoms with Crippen LogP contribution in [0.5, 0.6) is 5.75 Å². The lowest BCUT2D eigenvalue weighted by Gasteiger charge is -2.15. The number of ether oxygens (including phenoxy) is 1. The van der Waals surface area contributed by atoms with Crippen LogP contribution in [0, 0.1) is 6.92 Å². The molecule has 3 rings (SSSR count). The van der Waals surface area contributed by atoms with Crippen LogP contribution in [0.4, 0.5) is 5.69 Å². The van der Waals surface area contributed by atoms with E-state index in [0.29, 0.717) is 0 Å². The summed E-state index contributed by atoms with van der Waals surface area (Å²) in [5.41, 5.74) is 3.85. The van der Waals surface area contributed by atoms with Crippen molar-refractivity contribution in [2.24, 2.45) is 7.05 Å². The minimum absolute atomic E-state index is 0. The summed E-state index contributed by atoms with van der Waals surface area (Å²) in [5.74, 6) is 0.834. The molecule has 0 aliphatic carbocycles. The Morgan fingerprint density at radius 3 is 2.58 bits per heavy atom. The number of aromatic nitrogens is 3. The van der Waals surface area contributed by atoms with E-state index in [0.717, 1.165) is 58.6 Å². The molecule has 0 amide bonds. The molecular formula is C18H27Cl2N5O. The molecule has 2 heterocycles. The Morgan fingerprint density at radius 2 is 1.92 bits per heavy atom. The molecule has 1 aromatic carbocycles. The second-order valence-electron chi connectivity index (χ2n) is 6.33. The molecule has 6 nitrogen and oxygen atoms in total. The van der Waals surface area contributed by atoms with Gasteiger partial charge in [-0.15, -0.1) is 24.8 Å². The summed E-state index contributed by atoms with van der Waals surface area (Å²) in [6, 6.07) is 5.97. The van der Waals surface area contributed by atoms with Crippen molar-refractivity contribution in [3.63, 3.8) is 0 Å². The Balaban J connectivity index is 0.00000169. The highest BCUT2D eigenvalue weighted by atomic mass is 35.5. The maximum Gasteiger partial charge on any atom is 0.160 e. The van der Waals surface area contributed by atoms with Crippen molar-refractivity contribution in [2.75, 3.05) is 39.6 Å². The van der Waals surface area contributed by atoms with Gasteiger partial charge in [0.25, 0.3) is 0 Å². The van der Waals surface area contributed by atoms with Gasteiger partial charge in [-0.1, -0.05) is 6.07 Å². The normalized spacial score (nSPS) is 10.7. The van der Waals surface area contributed by atoms with E-state index in [4.69, 9.17) is 9.72 Å². The lowest BCUT2D eigenvalue weighted by molar-refractivity contribution is 0.405. The molecule has 0 aliphatic rings. The van der Waals surface area contributed by atoms with Gasteiger partial charge in [-0.2, -0.15) is 5.10 Å². The van der Waals surface area contributed by atoms with Crippen LogP contribution in [0.1, 0.15) is 12.1 Å². The number of anilines is 1. The molecule has 0 bridgehead atoms. The molecule has 0 unspecified atom stereocenters. The van der Waals surface area contributed by atoms with E-state index in [2.05, 4.69) is 29.4 Å². The van der Waals surface area contributed by atoms with Gasteiger partial charge in [-0.25, -0.2) is 4.98 Å². The first-order valence-electron chi connectivity index (χ1n) is 8.21. The maximum atomic E-state index is 5.59. The first kappa shape index (κ1) is 22.3. The molecule has 3 aromatic rings. The van der Waals surface area contributed by atoms with Crippen molar-refractivity contribution < 1.29 is 4.74 Å². The Morgan fingerprint density at radius 1 is 1.19 bits per heavy atom. The zero-order valence-electron chi connectivity index (χ0n) is 15.9. The van der Waals surface area contributed by atoms with Crippen LogP contribution >= 0.6 is 24.8 Å². The number of halogens is 2. The van der Waals surface area contributed by atoms with Crippen LogP contribution in [0.25, 0.3) is 21.9 Å². The van der Waals surface area contributed by atoms with Gasteiger partial charge in [-0.3, -0.25) is 4.68 Å². The summed E-state index contributed by atoms with van der Waals surface area (Å²) in [7, 11) is 7.82. The van der Waals surface area contributed by atoms with Gasteiger partial charge >= 0.3 is 0 Å². The molecule has 0 radical (unpaired) electrons. The molecular weight excluding hydrogens is 373 g/mol. The van der Waals surface area contributed by atoms with Gasteiger partial charge < -0.3 is 15.0 Å².